The van der Waals surface area contributed by atoms with Gasteiger partial charge in [-0.2, -0.15) is 5.10 Å². The maximum atomic E-state index is 12.5. The van der Waals surface area contributed by atoms with Crippen molar-refractivity contribution in [3.8, 4) is 5.75 Å². The molecule has 0 bridgehead atoms. The molecular weight excluding hydrogens is 440 g/mol. The number of sulfonamides is 1. The van der Waals surface area contributed by atoms with Crippen molar-refractivity contribution < 1.29 is 17.9 Å². The first-order valence-corrected chi connectivity index (χ1v) is 11.7. The maximum Gasteiger partial charge on any atom is 0.261 e. The molecular formula is C24H26N4O4S. The van der Waals surface area contributed by atoms with E-state index < -0.39 is 10.0 Å². The van der Waals surface area contributed by atoms with Crippen molar-refractivity contribution in [3.05, 3.63) is 83.9 Å². The van der Waals surface area contributed by atoms with E-state index in [9.17, 15) is 13.2 Å². The molecule has 3 N–H and O–H groups in total. The number of carbonyl (C=O) groups excluding carboxylic acids is 1. The summed E-state index contributed by atoms with van der Waals surface area (Å²) in [6.45, 7) is 3.71. The predicted octanol–water partition coefficient (Wildman–Crippen LogP) is 3.76. The smallest absolute Gasteiger partial charge is 0.261 e. The van der Waals surface area contributed by atoms with Gasteiger partial charge in [-0.05, 0) is 67.9 Å². The van der Waals surface area contributed by atoms with Gasteiger partial charge in [0.1, 0.15) is 5.75 Å². The Bertz CT molecular complexity index is 1220. The number of methoxy groups -OCH3 is 1. The highest BCUT2D eigenvalue weighted by atomic mass is 32.2. The Morgan fingerprint density at radius 1 is 0.909 bits per heavy atom. The van der Waals surface area contributed by atoms with Crippen molar-refractivity contribution in [2.24, 2.45) is 5.10 Å². The van der Waals surface area contributed by atoms with Crippen molar-refractivity contribution in [3.63, 3.8) is 0 Å². The monoisotopic (exact) mass is 466 g/mol. The third-order valence-corrected chi connectivity index (χ3v) is 6.17. The topological polar surface area (TPSA) is 109 Å². The second-order valence-corrected chi connectivity index (χ2v) is 8.99. The molecule has 3 aromatic rings. The number of rotatable bonds is 9. The highest BCUT2D eigenvalue weighted by Crippen LogP contribution is 2.18. The largest absolute Gasteiger partial charge is 0.497 e. The molecule has 0 heterocycles. The third-order valence-electron chi connectivity index (χ3n) is 4.78. The van der Waals surface area contributed by atoms with Crippen molar-refractivity contribution in [2.45, 2.75) is 18.7 Å². The number of hydrogen-bond donors (Lipinski definition) is 3. The van der Waals surface area contributed by atoms with Gasteiger partial charge in [0.2, 0.25) is 0 Å². The molecule has 0 spiro atoms. The van der Waals surface area contributed by atoms with Crippen LogP contribution in [0.2, 0.25) is 0 Å². The Balaban J connectivity index is 1.54. The lowest BCUT2D eigenvalue weighted by Crippen LogP contribution is -2.26. The molecule has 33 heavy (non-hydrogen) atoms. The first kappa shape index (κ1) is 23.8. The van der Waals surface area contributed by atoms with Crippen LogP contribution in [0.15, 0.2) is 82.8 Å². The molecule has 0 saturated carbocycles. The van der Waals surface area contributed by atoms with Crippen LogP contribution < -0.4 is 20.2 Å². The molecule has 0 unspecified atom stereocenters. The first-order chi connectivity index (χ1) is 15.8. The summed E-state index contributed by atoms with van der Waals surface area (Å²) in [5, 5.41) is 7.12. The molecule has 3 aromatic carbocycles. The van der Waals surface area contributed by atoms with E-state index in [4.69, 9.17) is 4.74 Å². The number of hydrogen-bond acceptors (Lipinski definition) is 6. The molecule has 0 saturated heterocycles. The minimum Gasteiger partial charge on any atom is -0.497 e. The standard InChI is InChI=1S/C24H26N4O4S/c1-17-4-14-23(15-5-17)33(30,31)28-21-8-6-19(7-9-21)18(2)26-27-24(29)16-25-20-10-12-22(32-3)13-11-20/h4-15,25,28H,16H2,1-3H3,(H,27,29)/b26-18+. The minimum absolute atomic E-state index is 0.0584. The average Bonchev–Trinajstić information content (AvgIpc) is 2.82. The van der Waals surface area contributed by atoms with Crippen molar-refractivity contribution in [1.29, 1.82) is 0 Å². The van der Waals surface area contributed by atoms with Gasteiger partial charge in [-0.25, -0.2) is 13.8 Å². The number of hydrazone groups is 1. The van der Waals surface area contributed by atoms with E-state index in [2.05, 4.69) is 20.6 Å². The summed E-state index contributed by atoms with van der Waals surface area (Å²) in [5.74, 6) is 0.437. The van der Waals surface area contributed by atoms with Gasteiger partial charge in [-0.1, -0.05) is 29.8 Å². The zero-order valence-electron chi connectivity index (χ0n) is 18.6. The third kappa shape index (κ3) is 6.81. The molecule has 172 valence electrons. The second-order valence-electron chi connectivity index (χ2n) is 7.31. The van der Waals surface area contributed by atoms with Crippen molar-refractivity contribution >= 4 is 33.0 Å². The Kier molecular flexibility index (Phi) is 7.68. The number of aryl methyl sites for hydroxylation is 1. The van der Waals surface area contributed by atoms with Crippen LogP contribution in [-0.4, -0.2) is 33.7 Å². The fourth-order valence-electron chi connectivity index (χ4n) is 2.85. The molecule has 1 amide bonds. The number of ether oxygens (including phenoxy) is 1. The quantitative estimate of drug-likeness (QED) is 0.329. The van der Waals surface area contributed by atoms with Gasteiger partial charge in [-0.15, -0.1) is 0 Å². The van der Waals surface area contributed by atoms with Crippen LogP contribution in [0.1, 0.15) is 18.1 Å². The molecule has 0 aliphatic carbocycles. The van der Waals surface area contributed by atoms with Gasteiger partial charge in [0.25, 0.3) is 15.9 Å². The van der Waals surface area contributed by atoms with E-state index in [1.807, 2.05) is 19.1 Å². The van der Waals surface area contributed by atoms with Gasteiger partial charge < -0.3 is 10.1 Å². The molecule has 8 nitrogen and oxygen atoms in total. The van der Waals surface area contributed by atoms with Gasteiger partial charge in [-0.3, -0.25) is 9.52 Å². The summed E-state index contributed by atoms with van der Waals surface area (Å²) in [6.07, 6.45) is 0. The number of nitrogens with one attached hydrogen (secondary N) is 3. The van der Waals surface area contributed by atoms with Gasteiger partial charge in [0.15, 0.2) is 0 Å². The molecule has 0 aliphatic heterocycles. The fraction of sp³-hybridized carbons (Fsp3) is 0.167. The van der Waals surface area contributed by atoms with Gasteiger partial charge in [0, 0.05) is 11.4 Å². The van der Waals surface area contributed by atoms with Crippen LogP contribution in [0.3, 0.4) is 0 Å². The lowest BCUT2D eigenvalue weighted by Gasteiger charge is -2.09. The lowest BCUT2D eigenvalue weighted by atomic mass is 10.1. The second kappa shape index (κ2) is 10.6. The zero-order valence-corrected chi connectivity index (χ0v) is 19.4. The van der Waals surface area contributed by atoms with E-state index in [0.29, 0.717) is 11.4 Å². The lowest BCUT2D eigenvalue weighted by molar-refractivity contribution is -0.119. The minimum atomic E-state index is -3.67. The fourth-order valence-corrected chi connectivity index (χ4v) is 3.91. The van der Waals surface area contributed by atoms with Gasteiger partial charge >= 0.3 is 0 Å². The highest BCUT2D eigenvalue weighted by molar-refractivity contribution is 7.92. The van der Waals surface area contributed by atoms with Crippen LogP contribution in [0, 0.1) is 6.92 Å². The molecule has 0 fully saturated rings. The summed E-state index contributed by atoms with van der Waals surface area (Å²) in [5.41, 5.74) is 6.03. The summed E-state index contributed by atoms with van der Waals surface area (Å²) < 4.78 is 32.7. The normalized spacial score (nSPS) is 11.5. The molecule has 0 radical (unpaired) electrons. The van der Waals surface area contributed by atoms with Crippen molar-refractivity contribution in [1.82, 2.24) is 5.43 Å². The molecule has 9 heteroatoms. The Morgan fingerprint density at radius 3 is 2.12 bits per heavy atom. The summed E-state index contributed by atoms with van der Waals surface area (Å²) in [6, 6.07) is 20.6. The number of amides is 1. The number of carbonyl (C=O) groups is 1. The Labute approximate surface area is 193 Å². The van der Waals surface area contributed by atoms with E-state index >= 15 is 0 Å². The van der Waals surface area contributed by atoms with E-state index in [-0.39, 0.29) is 17.3 Å². The summed E-state index contributed by atoms with van der Waals surface area (Å²) >= 11 is 0. The molecule has 3 rings (SSSR count). The van der Waals surface area contributed by atoms with Crippen molar-refractivity contribution in [2.75, 3.05) is 23.7 Å². The first-order valence-electron chi connectivity index (χ1n) is 10.2. The zero-order chi connectivity index (χ0) is 23.8. The Morgan fingerprint density at radius 2 is 1.52 bits per heavy atom. The average molecular weight is 467 g/mol. The number of anilines is 2. The number of benzene rings is 3. The molecule has 0 aromatic heterocycles. The van der Waals surface area contributed by atoms with Crippen LogP contribution in [0.4, 0.5) is 11.4 Å². The van der Waals surface area contributed by atoms with Gasteiger partial charge in [0.05, 0.1) is 24.3 Å². The van der Waals surface area contributed by atoms with Crippen LogP contribution in [0.25, 0.3) is 0 Å². The number of nitrogens with zero attached hydrogens (tertiary/aromatic N) is 1. The summed E-state index contributed by atoms with van der Waals surface area (Å²) in [4.78, 5) is 12.3. The van der Waals surface area contributed by atoms with E-state index in [1.165, 1.54) is 0 Å². The molecule has 0 aliphatic rings. The Hall–Kier alpha value is -3.85. The van der Waals surface area contributed by atoms with E-state index in [1.54, 1.807) is 74.7 Å². The highest BCUT2D eigenvalue weighted by Gasteiger charge is 2.13. The van der Waals surface area contributed by atoms with Crippen LogP contribution in [0.5, 0.6) is 5.75 Å². The van der Waals surface area contributed by atoms with E-state index in [0.717, 1.165) is 22.6 Å². The SMILES string of the molecule is COc1ccc(NCC(=O)N/N=C(\C)c2ccc(NS(=O)(=O)c3ccc(C)cc3)cc2)cc1. The maximum absolute atomic E-state index is 12.5. The van der Waals surface area contributed by atoms with Crippen LogP contribution in [-0.2, 0) is 14.8 Å². The summed E-state index contributed by atoms with van der Waals surface area (Å²) in [7, 11) is -2.08. The predicted molar refractivity (Wildman–Crippen MR) is 130 cm³/mol. The molecule has 0 atom stereocenters. The van der Waals surface area contributed by atoms with Crippen LogP contribution >= 0.6 is 0 Å².